The lowest BCUT2D eigenvalue weighted by molar-refractivity contribution is -0.128. The molecule has 2 amide bonds. The van der Waals surface area contributed by atoms with Crippen LogP contribution in [0, 0.1) is 5.92 Å². The molecule has 1 aliphatic carbocycles. The quantitative estimate of drug-likeness (QED) is 0.899. The van der Waals surface area contributed by atoms with Gasteiger partial charge < -0.3 is 10.2 Å². The van der Waals surface area contributed by atoms with E-state index in [-0.39, 0.29) is 17.7 Å². The van der Waals surface area contributed by atoms with Crippen LogP contribution in [0.5, 0.6) is 0 Å². The van der Waals surface area contributed by atoms with E-state index < -0.39 is 0 Å². The van der Waals surface area contributed by atoms with Crippen molar-refractivity contribution in [3.63, 3.8) is 0 Å². The molecule has 0 bridgehead atoms. The van der Waals surface area contributed by atoms with Gasteiger partial charge in [0.1, 0.15) is 0 Å². The van der Waals surface area contributed by atoms with Crippen LogP contribution in [0.2, 0.25) is 0 Å². The minimum Gasteiger partial charge on any atom is -0.338 e. The average molecular weight is 258 g/mol. The van der Waals surface area contributed by atoms with Crippen molar-refractivity contribution in [1.29, 1.82) is 0 Å². The fourth-order valence-corrected chi connectivity index (χ4v) is 2.43. The van der Waals surface area contributed by atoms with E-state index in [4.69, 9.17) is 0 Å². The van der Waals surface area contributed by atoms with E-state index in [1.165, 1.54) is 0 Å². The molecule has 2 aliphatic rings. The third-order valence-corrected chi connectivity index (χ3v) is 3.69. The molecule has 0 atom stereocenters. The van der Waals surface area contributed by atoms with Crippen molar-refractivity contribution in [3.05, 3.63) is 29.8 Å². The van der Waals surface area contributed by atoms with Gasteiger partial charge in [0, 0.05) is 31.1 Å². The topological polar surface area (TPSA) is 49.4 Å². The number of carbonyl (C=O) groups is 2. The Hall–Kier alpha value is -1.84. The normalized spacial score (nSPS) is 18.7. The second-order valence-corrected chi connectivity index (χ2v) is 5.38. The summed E-state index contributed by atoms with van der Waals surface area (Å²) in [6, 6.07) is 7.79. The first-order chi connectivity index (χ1) is 9.22. The van der Waals surface area contributed by atoms with Crippen LogP contribution in [0.3, 0.4) is 0 Å². The van der Waals surface area contributed by atoms with Crippen molar-refractivity contribution >= 4 is 17.5 Å². The van der Waals surface area contributed by atoms with Crippen LogP contribution >= 0.6 is 0 Å². The molecule has 0 spiro atoms. The molecule has 2 fully saturated rings. The summed E-state index contributed by atoms with van der Waals surface area (Å²) < 4.78 is 0. The van der Waals surface area contributed by atoms with Gasteiger partial charge in [0.05, 0.1) is 0 Å². The molecule has 1 aromatic carbocycles. The smallest absolute Gasteiger partial charge is 0.227 e. The molecule has 1 N–H and O–H groups in total. The summed E-state index contributed by atoms with van der Waals surface area (Å²) in [6.45, 7) is 1.49. The van der Waals surface area contributed by atoms with Gasteiger partial charge >= 0.3 is 0 Å². The maximum absolute atomic E-state index is 11.7. The summed E-state index contributed by atoms with van der Waals surface area (Å²) >= 11 is 0. The van der Waals surface area contributed by atoms with Gasteiger partial charge in [-0.05, 0) is 37.0 Å². The van der Waals surface area contributed by atoms with Crippen LogP contribution in [-0.4, -0.2) is 23.3 Å². The van der Waals surface area contributed by atoms with Gasteiger partial charge in [-0.3, -0.25) is 9.59 Å². The van der Waals surface area contributed by atoms with Crippen molar-refractivity contribution in [1.82, 2.24) is 4.90 Å². The van der Waals surface area contributed by atoms with Crippen molar-refractivity contribution in [2.45, 2.75) is 32.2 Å². The predicted molar refractivity (Wildman–Crippen MR) is 72.4 cm³/mol. The number of hydrogen-bond donors (Lipinski definition) is 1. The number of amides is 2. The lowest BCUT2D eigenvalue weighted by Gasteiger charge is -2.16. The molecule has 1 heterocycles. The molecular weight excluding hydrogens is 240 g/mol. The molecule has 1 saturated carbocycles. The summed E-state index contributed by atoms with van der Waals surface area (Å²) in [5.74, 6) is 0.561. The molecule has 4 nitrogen and oxygen atoms in total. The van der Waals surface area contributed by atoms with Crippen LogP contribution < -0.4 is 5.32 Å². The number of nitrogens with zero attached hydrogens (tertiary/aromatic N) is 1. The molecule has 1 aliphatic heterocycles. The minimum absolute atomic E-state index is 0.120. The minimum atomic E-state index is 0.120. The number of anilines is 1. The molecule has 1 saturated heterocycles. The largest absolute Gasteiger partial charge is 0.338 e. The van der Waals surface area contributed by atoms with Crippen LogP contribution in [0.25, 0.3) is 0 Å². The Morgan fingerprint density at radius 1 is 1.37 bits per heavy atom. The lowest BCUT2D eigenvalue weighted by Crippen LogP contribution is -2.23. The van der Waals surface area contributed by atoms with Crippen LogP contribution in [0.4, 0.5) is 5.69 Å². The van der Waals surface area contributed by atoms with E-state index in [1.54, 1.807) is 0 Å². The maximum atomic E-state index is 11.7. The first kappa shape index (κ1) is 12.2. The second-order valence-electron chi connectivity index (χ2n) is 5.38. The van der Waals surface area contributed by atoms with E-state index in [1.807, 2.05) is 29.2 Å². The molecule has 4 heteroatoms. The highest BCUT2D eigenvalue weighted by Gasteiger charge is 2.29. The van der Waals surface area contributed by atoms with Crippen LogP contribution in [0.1, 0.15) is 31.2 Å². The summed E-state index contributed by atoms with van der Waals surface area (Å²) in [7, 11) is 0. The van der Waals surface area contributed by atoms with Gasteiger partial charge in [-0.2, -0.15) is 0 Å². The van der Waals surface area contributed by atoms with Crippen molar-refractivity contribution in [2.24, 2.45) is 5.92 Å². The summed E-state index contributed by atoms with van der Waals surface area (Å²) in [5, 5.41) is 2.94. The Morgan fingerprint density at radius 2 is 2.21 bits per heavy atom. The highest BCUT2D eigenvalue weighted by molar-refractivity contribution is 5.94. The molecule has 19 heavy (non-hydrogen) atoms. The Labute approximate surface area is 112 Å². The summed E-state index contributed by atoms with van der Waals surface area (Å²) in [4.78, 5) is 25.2. The van der Waals surface area contributed by atoms with Crippen molar-refractivity contribution in [2.75, 3.05) is 11.9 Å². The number of likely N-dealkylation sites (tertiary alicyclic amines) is 1. The van der Waals surface area contributed by atoms with Crippen molar-refractivity contribution < 1.29 is 9.59 Å². The molecule has 3 rings (SSSR count). The van der Waals surface area contributed by atoms with Gasteiger partial charge in [0.25, 0.3) is 0 Å². The van der Waals surface area contributed by atoms with E-state index in [2.05, 4.69) is 5.32 Å². The molecule has 0 aromatic heterocycles. The Morgan fingerprint density at radius 3 is 2.89 bits per heavy atom. The predicted octanol–water partition coefficient (Wildman–Crippen LogP) is 2.16. The van der Waals surface area contributed by atoms with E-state index in [9.17, 15) is 9.59 Å². The fourth-order valence-electron chi connectivity index (χ4n) is 2.43. The fraction of sp³-hybridized carbons (Fsp3) is 0.467. The molecule has 0 unspecified atom stereocenters. The average Bonchev–Trinajstić information content (AvgIpc) is 3.16. The number of benzene rings is 1. The first-order valence-corrected chi connectivity index (χ1v) is 6.90. The SMILES string of the molecule is O=C(Nc1cccc(CN2CCCC2=O)c1)C1CC1. The van der Waals surface area contributed by atoms with Gasteiger partial charge in [-0.25, -0.2) is 0 Å². The Bertz CT molecular complexity index is 509. The van der Waals surface area contributed by atoms with E-state index in [0.29, 0.717) is 13.0 Å². The molecular formula is C15H18N2O2. The van der Waals surface area contributed by atoms with Gasteiger partial charge in [0.15, 0.2) is 0 Å². The first-order valence-electron chi connectivity index (χ1n) is 6.90. The highest BCUT2D eigenvalue weighted by Crippen LogP contribution is 2.30. The van der Waals surface area contributed by atoms with Crippen molar-refractivity contribution in [3.8, 4) is 0 Å². The van der Waals surface area contributed by atoms with Gasteiger partial charge in [0.2, 0.25) is 11.8 Å². The molecule has 1 aromatic rings. The molecule has 0 radical (unpaired) electrons. The number of nitrogens with one attached hydrogen (secondary N) is 1. The van der Waals surface area contributed by atoms with E-state index in [0.717, 1.165) is 37.1 Å². The van der Waals surface area contributed by atoms with Crippen LogP contribution in [-0.2, 0) is 16.1 Å². The van der Waals surface area contributed by atoms with Gasteiger partial charge in [-0.1, -0.05) is 12.1 Å². The number of hydrogen-bond acceptors (Lipinski definition) is 2. The second kappa shape index (κ2) is 5.03. The highest BCUT2D eigenvalue weighted by atomic mass is 16.2. The molecule has 100 valence electrons. The summed E-state index contributed by atoms with van der Waals surface area (Å²) in [5.41, 5.74) is 1.91. The number of rotatable bonds is 4. The van der Waals surface area contributed by atoms with Gasteiger partial charge in [-0.15, -0.1) is 0 Å². The zero-order valence-corrected chi connectivity index (χ0v) is 10.9. The van der Waals surface area contributed by atoms with E-state index >= 15 is 0 Å². The standard InChI is InChI=1S/C15H18N2O2/c18-14-5-2-8-17(14)10-11-3-1-4-13(9-11)16-15(19)12-6-7-12/h1,3-4,9,12H,2,5-8,10H2,(H,16,19). The maximum Gasteiger partial charge on any atom is 0.227 e. The van der Waals surface area contributed by atoms with Crippen LogP contribution in [0.15, 0.2) is 24.3 Å². The third-order valence-electron chi connectivity index (χ3n) is 3.69. The summed E-state index contributed by atoms with van der Waals surface area (Å²) in [6.07, 6.45) is 3.64. The Balaban J connectivity index is 1.65. The zero-order valence-electron chi connectivity index (χ0n) is 10.9. The third kappa shape index (κ3) is 2.95. The lowest BCUT2D eigenvalue weighted by atomic mass is 10.2. The monoisotopic (exact) mass is 258 g/mol. The zero-order chi connectivity index (χ0) is 13.2. The Kier molecular flexibility index (Phi) is 3.23. The number of carbonyl (C=O) groups excluding carboxylic acids is 2.